The zero-order valence-electron chi connectivity index (χ0n) is 10.7. The lowest BCUT2D eigenvalue weighted by atomic mass is 10.1. The molecule has 2 rings (SSSR count). The van der Waals surface area contributed by atoms with E-state index in [2.05, 4.69) is 15.9 Å². The fraction of sp³-hybridized carbons (Fsp3) is 0.133. The maximum atomic E-state index is 13.2. The molecule has 0 bridgehead atoms. The molecule has 19 heavy (non-hydrogen) atoms. The van der Waals surface area contributed by atoms with E-state index in [0.717, 1.165) is 10.0 Å². The predicted molar refractivity (Wildman–Crippen MR) is 78.0 cm³/mol. The highest BCUT2D eigenvalue weighted by Crippen LogP contribution is 2.22. The lowest BCUT2D eigenvalue weighted by Gasteiger charge is -2.18. The molecule has 1 amide bonds. The van der Waals surface area contributed by atoms with Gasteiger partial charge >= 0.3 is 0 Å². The minimum absolute atomic E-state index is 0.179. The quantitative estimate of drug-likeness (QED) is 0.812. The maximum absolute atomic E-state index is 13.2. The molecule has 0 aliphatic heterocycles. The number of carbonyl (C=O) groups excluding carboxylic acids is 1. The number of hydrogen-bond donors (Lipinski definition) is 0. The van der Waals surface area contributed by atoms with Gasteiger partial charge in [0.25, 0.3) is 5.91 Å². The van der Waals surface area contributed by atoms with E-state index >= 15 is 0 Å². The first-order valence-electron chi connectivity index (χ1n) is 5.79. The standard InChI is InChI=1S/C15H13BrFNO/c1-10-6-7-14(16)13(8-10)15(19)18(2)12-5-3-4-11(17)9-12/h3-9H,1-2H3. The van der Waals surface area contributed by atoms with Crippen molar-refractivity contribution in [1.82, 2.24) is 0 Å². The van der Waals surface area contributed by atoms with Crippen LogP contribution in [0.1, 0.15) is 15.9 Å². The number of halogens is 2. The number of hydrogen-bond acceptors (Lipinski definition) is 1. The van der Waals surface area contributed by atoms with Gasteiger partial charge in [0.1, 0.15) is 5.82 Å². The van der Waals surface area contributed by atoms with Gasteiger partial charge in [-0.1, -0.05) is 17.7 Å². The van der Waals surface area contributed by atoms with Crippen LogP contribution in [0.5, 0.6) is 0 Å². The van der Waals surface area contributed by atoms with Gasteiger partial charge in [0, 0.05) is 17.2 Å². The van der Waals surface area contributed by atoms with Crippen molar-refractivity contribution in [3.63, 3.8) is 0 Å². The second-order valence-corrected chi connectivity index (χ2v) is 5.18. The van der Waals surface area contributed by atoms with Crippen LogP contribution in [0.2, 0.25) is 0 Å². The van der Waals surface area contributed by atoms with Crippen LogP contribution in [-0.2, 0) is 0 Å². The summed E-state index contributed by atoms with van der Waals surface area (Å²) in [5.74, 6) is -0.540. The van der Waals surface area contributed by atoms with E-state index in [1.807, 2.05) is 25.1 Å². The highest BCUT2D eigenvalue weighted by molar-refractivity contribution is 9.10. The number of nitrogens with zero attached hydrogens (tertiary/aromatic N) is 1. The van der Waals surface area contributed by atoms with Crippen LogP contribution in [0.4, 0.5) is 10.1 Å². The van der Waals surface area contributed by atoms with Gasteiger partial charge < -0.3 is 4.90 Å². The Morgan fingerprint density at radius 1 is 1.21 bits per heavy atom. The van der Waals surface area contributed by atoms with Crippen LogP contribution >= 0.6 is 15.9 Å². The molecular weight excluding hydrogens is 309 g/mol. The lowest BCUT2D eigenvalue weighted by molar-refractivity contribution is 0.0992. The SMILES string of the molecule is Cc1ccc(Br)c(C(=O)N(C)c2cccc(F)c2)c1. The molecule has 0 aliphatic rings. The van der Waals surface area contributed by atoms with Gasteiger partial charge in [-0.15, -0.1) is 0 Å². The summed E-state index contributed by atoms with van der Waals surface area (Å²) in [5, 5.41) is 0. The Kier molecular flexibility index (Phi) is 4.00. The molecule has 0 saturated carbocycles. The Balaban J connectivity index is 2.36. The number of anilines is 1. The zero-order chi connectivity index (χ0) is 14.0. The largest absolute Gasteiger partial charge is 0.311 e. The van der Waals surface area contributed by atoms with Crippen LogP contribution in [-0.4, -0.2) is 13.0 Å². The molecule has 2 aromatic rings. The average molecular weight is 322 g/mol. The predicted octanol–water partition coefficient (Wildman–Crippen LogP) is 4.17. The third-order valence-electron chi connectivity index (χ3n) is 2.85. The molecule has 2 nitrogen and oxygen atoms in total. The molecule has 0 aromatic heterocycles. The van der Waals surface area contributed by atoms with Gasteiger partial charge in [-0.05, 0) is 53.2 Å². The highest BCUT2D eigenvalue weighted by Gasteiger charge is 2.16. The maximum Gasteiger partial charge on any atom is 0.259 e. The summed E-state index contributed by atoms with van der Waals surface area (Å²) in [5.41, 5.74) is 2.09. The molecule has 0 aliphatic carbocycles. The van der Waals surface area contributed by atoms with Crippen molar-refractivity contribution in [2.45, 2.75) is 6.92 Å². The Bertz CT molecular complexity index is 627. The first-order valence-corrected chi connectivity index (χ1v) is 6.58. The van der Waals surface area contributed by atoms with E-state index in [4.69, 9.17) is 0 Å². The van der Waals surface area contributed by atoms with Crippen molar-refractivity contribution >= 4 is 27.5 Å². The first kappa shape index (κ1) is 13.7. The fourth-order valence-electron chi connectivity index (χ4n) is 1.79. The Morgan fingerprint density at radius 3 is 2.63 bits per heavy atom. The summed E-state index contributed by atoms with van der Waals surface area (Å²) in [4.78, 5) is 13.8. The summed E-state index contributed by atoms with van der Waals surface area (Å²) < 4.78 is 13.9. The van der Waals surface area contributed by atoms with Crippen molar-refractivity contribution in [2.24, 2.45) is 0 Å². The number of carbonyl (C=O) groups is 1. The first-order chi connectivity index (χ1) is 8.99. The Morgan fingerprint density at radius 2 is 1.95 bits per heavy atom. The molecule has 4 heteroatoms. The molecule has 0 fully saturated rings. The van der Waals surface area contributed by atoms with Crippen molar-refractivity contribution in [3.05, 3.63) is 63.9 Å². The van der Waals surface area contributed by atoms with Crippen molar-refractivity contribution in [2.75, 3.05) is 11.9 Å². The second-order valence-electron chi connectivity index (χ2n) is 4.33. The van der Waals surface area contributed by atoms with Crippen LogP contribution in [0.3, 0.4) is 0 Å². The second kappa shape index (κ2) is 5.53. The van der Waals surface area contributed by atoms with E-state index < -0.39 is 0 Å². The van der Waals surface area contributed by atoms with Gasteiger partial charge in [-0.3, -0.25) is 4.79 Å². The van der Waals surface area contributed by atoms with Crippen molar-refractivity contribution in [1.29, 1.82) is 0 Å². The molecule has 0 radical (unpaired) electrons. The van der Waals surface area contributed by atoms with Crippen molar-refractivity contribution < 1.29 is 9.18 Å². The number of benzene rings is 2. The number of aryl methyl sites for hydroxylation is 1. The van der Waals surface area contributed by atoms with E-state index in [9.17, 15) is 9.18 Å². The molecule has 2 aromatic carbocycles. The minimum Gasteiger partial charge on any atom is -0.311 e. The van der Waals surface area contributed by atoms with E-state index in [-0.39, 0.29) is 11.7 Å². The molecule has 0 unspecified atom stereocenters. The van der Waals surface area contributed by atoms with Gasteiger partial charge in [-0.2, -0.15) is 0 Å². The average Bonchev–Trinajstić information content (AvgIpc) is 2.40. The van der Waals surface area contributed by atoms with E-state index in [1.54, 1.807) is 19.2 Å². The normalized spacial score (nSPS) is 10.3. The van der Waals surface area contributed by atoms with Crippen LogP contribution in [0.25, 0.3) is 0 Å². The summed E-state index contributed by atoms with van der Waals surface area (Å²) in [6.07, 6.45) is 0. The van der Waals surface area contributed by atoms with Crippen molar-refractivity contribution in [3.8, 4) is 0 Å². The Labute approximate surface area is 120 Å². The third kappa shape index (κ3) is 3.01. The molecular formula is C15H13BrFNO. The van der Waals surface area contributed by atoms with Gasteiger partial charge in [0.05, 0.1) is 5.56 Å². The third-order valence-corrected chi connectivity index (χ3v) is 3.54. The zero-order valence-corrected chi connectivity index (χ0v) is 12.2. The lowest BCUT2D eigenvalue weighted by Crippen LogP contribution is -2.26. The minimum atomic E-state index is -0.361. The topological polar surface area (TPSA) is 20.3 Å². The number of amides is 1. The molecule has 98 valence electrons. The molecule has 0 saturated heterocycles. The highest BCUT2D eigenvalue weighted by atomic mass is 79.9. The van der Waals surface area contributed by atoms with Gasteiger partial charge in [0.15, 0.2) is 0 Å². The molecule has 0 atom stereocenters. The monoisotopic (exact) mass is 321 g/mol. The summed E-state index contributed by atoms with van der Waals surface area (Å²) >= 11 is 3.36. The van der Waals surface area contributed by atoms with E-state index in [0.29, 0.717) is 11.3 Å². The van der Waals surface area contributed by atoms with Gasteiger partial charge in [-0.25, -0.2) is 4.39 Å². The van der Waals surface area contributed by atoms with Crippen LogP contribution in [0, 0.1) is 12.7 Å². The smallest absolute Gasteiger partial charge is 0.259 e. The summed E-state index contributed by atoms with van der Waals surface area (Å²) in [6.45, 7) is 1.92. The Hall–Kier alpha value is -1.68. The van der Waals surface area contributed by atoms with Gasteiger partial charge in [0.2, 0.25) is 0 Å². The number of rotatable bonds is 2. The molecule has 0 spiro atoms. The fourth-order valence-corrected chi connectivity index (χ4v) is 2.20. The molecule has 0 N–H and O–H groups in total. The van der Waals surface area contributed by atoms with Crippen LogP contribution in [0.15, 0.2) is 46.9 Å². The summed E-state index contributed by atoms with van der Waals surface area (Å²) in [7, 11) is 1.63. The van der Waals surface area contributed by atoms with E-state index in [1.165, 1.54) is 17.0 Å². The molecule has 0 heterocycles. The van der Waals surface area contributed by atoms with Crippen LogP contribution < -0.4 is 4.90 Å². The summed E-state index contributed by atoms with van der Waals surface area (Å²) in [6, 6.07) is 11.5.